The maximum Gasteiger partial charge on any atom is 0.161 e. The van der Waals surface area contributed by atoms with E-state index in [-0.39, 0.29) is 11.3 Å². The van der Waals surface area contributed by atoms with Gasteiger partial charge in [0.2, 0.25) is 0 Å². The van der Waals surface area contributed by atoms with Gasteiger partial charge in [0, 0.05) is 5.92 Å². The zero-order chi connectivity index (χ0) is 12.4. The van der Waals surface area contributed by atoms with Crippen molar-refractivity contribution in [3.8, 4) is 0 Å². The Hall–Kier alpha value is -0.340. The van der Waals surface area contributed by atoms with E-state index in [0.29, 0.717) is 17.8 Å². The lowest BCUT2D eigenvalue weighted by atomic mass is 9.61. The fourth-order valence-electron chi connectivity index (χ4n) is 4.84. The summed E-state index contributed by atoms with van der Waals surface area (Å²) in [5.41, 5.74) is 1.48. The molecule has 0 amide bonds. The molecular formula is C15H24O2. The highest BCUT2D eigenvalue weighted by molar-refractivity contribution is 5.28. The predicted molar refractivity (Wildman–Crippen MR) is 67.2 cm³/mol. The minimum atomic E-state index is -0.607. The van der Waals surface area contributed by atoms with Crippen LogP contribution in [-0.2, 0) is 4.74 Å². The van der Waals surface area contributed by atoms with E-state index in [9.17, 15) is 5.11 Å². The maximum absolute atomic E-state index is 10.1. The summed E-state index contributed by atoms with van der Waals surface area (Å²) < 4.78 is 5.56. The number of aliphatic hydroxyl groups excluding tert-OH is 1. The first-order chi connectivity index (χ1) is 7.97. The van der Waals surface area contributed by atoms with E-state index in [4.69, 9.17) is 4.74 Å². The van der Waals surface area contributed by atoms with E-state index in [1.165, 1.54) is 18.4 Å². The molecule has 1 N–H and O–H groups in total. The molecule has 6 atom stereocenters. The first-order valence-corrected chi connectivity index (χ1v) is 6.95. The predicted octanol–water partition coefficient (Wildman–Crippen LogP) is 2.83. The molecule has 0 aromatic rings. The first kappa shape index (κ1) is 11.7. The Labute approximate surface area is 104 Å². The van der Waals surface area contributed by atoms with Crippen LogP contribution in [0.2, 0.25) is 0 Å². The number of hydrogen-bond acceptors (Lipinski definition) is 2. The standard InChI is InChI=1S/C15H24O2/c1-8(2)10-5-6-15(4)9(3)12-13(10)11(15)7-17-14(12)16/h8,10-14,16H,3,5-7H2,1-2,4H3/t10-,11+,12+,13+,14?,15+/m1/s1. The van der Waals surface area contributed by atoms with Gasteiger partial charge in [0.05, 0.1) is 6.61 Å². The summed E-state index contributed by atoms with van der Waals surface area (Å²) in [4.78, 5) is 0. The Morgan fingerprint density at radius 1 is 1.47 bits per heavy atom. The van der Waals surface area contributed by atoms with E-state index in [1.807, 2.05) is 0 Å². The largest absolute Gasteiger partial charge is 0.367 e. The lowest BCUT2D eigenvalue weighted by Crippen LogP contribution is -2.46. The monoisotopic (exact) mass is 236 g/mol. The van der Waals surface area contributed by atoms with Gasteiger partial charge in [-0.25, -0.2) is 0 Å². The van der Waals surface area contributed by atoms with Crippen molar-refractivity contribution in [2.24, 2.45) is 35.0 Å². The lowest BCUT2D eigenvalue weighted by Gasteiger charge is -2.46. The highest BCUT2D eigenvalue weighted by Crippen LogP contribution is 2.66. The molecule has 0 spiro atoms. The second-order valence-corrected chi connectivity index (χ2v) is 6.82. The molecule has 1 heterocycles. The summed E-state index contributed by atoms with van der Waals surface area (Å²) in [7, 11) is 0. The molecule has 17 heavy (non-hydrogen) atoms. The zero-order valence-electron chi connectivity index (χ0n) is 11.1. The van der Waals surface area contributed by atoms with Crippen molar-refractivity contribution in [3.05, 3.63) is 12.2 Å². The Kier molecular flexibility index (Phi) is 2.47. The van der Waals surface area contributed by atoms with Crippen LogP contribution in [0, 0.1) is 35.0 Å². The Morgan fingerprint density at radius 2 is 2.18 bits per heavy atom. The second-order valence-electron chi connectivity index (χ2n) is 6.82. The number of ether oxygens (including phenoxy) is 1. The molecular weight excluding hydrogens is 212 g/mol. The summed E-state index contributed by atoms with van der Waals surface area (Å²) in [6, 6.07) is 0. The molecule has 1 unspecified atom stereocenters. The smallest absolute Gasteiger partial charge is 0.161 e. The Bertz CT molecular complexity index is 349. The van der Waals surface area contributed by atoms with Crippen molar-refractivity contribution in [1.29, 1.82) is 0 Å². The molecule has 2 aliphatic carbocycles. The van der Waals surface area contributed by atoms with Crippen molar-refractivity contribution in [2.45, 2.75) is 39.9 Å². The average molecular weight is 236 g/mol. The molecule has 0 radical (unpaired) electrons. The molecule has 96 valence electrons. The average Bonchev–Trinajstić information content (AvgIpc) is 2.35. The fraction of sp³-hybridized carbons (Fsp3) is 0.867. The number of rotatable bonds is 1. The molecule has 1 saturated heterocycles. The van der Waals surface area contributed by atoms with E-state index in [1.54, 1.807) is 0 Å². The Balaban J connectivity index is 2.03. The van der Waals surface area contributed by atoms with Gasteiger partial charge in [-0.05, 0) is 41.9 Å². The molecule has 3 rings (SSSR count). The molecule has 0 aromatic heterocycles. The number of aliphatic hydroxyl groups is 1. The summed E-state index contributed by atoms with van der Waals surface area (Å²) in [6.07, 6.45) is 1.91. The summed E-state index contributed by atoms with van der Waals surface area (Å²) in [6.45, 7) is 12.0. The van der Waals surface area contributed by atoms with Gasteiger partial charge in [0.25, 0.3) is 0 Å². The normalized spacial score (nSPS) is 53.2. The SMILES string of the molecule is C=C1[C@@H]2C(O)OC[C@H]3[C@@H]2[C@@H](C(C)C)CC[C@@]13C. The van der Waals surface area contributed by atoms with Crippen LogP contribution in [0.3, 0.4) is 0 Å². The molecule has 2 nitrogen and oxygen atoms in total. The van der Waals surface area contributed by atoms with Gasteiger partial charge >= 0.3 is 0 Å². The minimum absolute atomic E-state index is 0.189. The van der Waals surface area contributed by atoms with Crippen LogP contribution in [0.25, 0.3) is 0 Å². The van der Waals surface area contributed by atoms with Gasteiger partial charge in [-0.2, -0.15) is 0 Å². The van der Waals surface area contributed by atoms with E-state index < -0.39 is 6.29 Å². The van der Waals surface area contributed by atoms with Crippen molar-refractivity contribution >= 4 is 0 Å². The third-order valence-corrected chi connectivity index (χ3v) is 5.94. The third kappa shape index (κ3) is 1.34. The molecule has 3 aliphatic rings. The first-order valence-electron chi connectivity index (χ1n) is 6.95. The van der Waals surface area contributed by atoms with Crippen molar-refractivity contribution in [3.63, 3.8) is 0 Å². The number of hydrogen-bond donors (Lipinski definition) is 1. The van der Waals surface area contributed by atoms with E-state index in [2.05, 4.69) is 27.4 Å². The molecule has 3 fully saturated rings. The fourth-order valence-corrected chi connectivity index (χ4v) is 4.84. The van der Waals surface area contributed by atoms with Gasteiger partial charge in [0.1, 0.15) is 0 Å². The van der Waals surface area contributed by atoms with Crippen molar-refractivity contribution < 1.29 is 9.84 Å². The molecule has 4 bridgehead atoms. The summed E-state index contributed by atoms with van der Waals surface area (Å²) in [5.74, 6) is 2.81. The van der Waals surface area contributed by atoms with Gasteiger partial charge < -0.3 is 9.84 Å². The second kappa shape index (κ2) is 3.58. The van der Waals surface area contributed by atoms with Crippen LogP contribution in [-0.4, -0.2) is 18.0 Å². The summed E-state index contributed by atoms with van der Waals surface area (Å²) in [5, 5.41) is 10.1. The van der Waals surface area contributed by atoms with Crippen LogP contribution in [0.15, 0.2) is 12.2 Å². The quantitative estimate of drug-likeness (QED) is 0.709. The molecule has 2 heteroatoms. The van der Waals surface area contributed by atoms with Crippen molar-refractivity contribution in [2.75, 3.05) is 6.61 Å². The van der Waals surface area contributed by atoms with Gasteiger partial charge in [-0.15, -0.1) is 0 Å². The van der Waals surface area contributed by atoms with Crippen LogP contribution < -0.4 is 0 Å². The van der Waals surface area contributed by atoms with Gasteiger partial charge in [-0.1, -0.05) is 32.9 Å². The van der Waals surface area contributed by atoms with Gasteiger partial charge in [-0.3, -0.25) is 0 Å². The minimum Gasteiger partial charge on any atom is -0.367 e. The topological polar surface area (TPSA) is 29.5 Å². The highest BCUT2D eigenvalue weighted by Gasteiger charge is 2.62. The van der Waals surface area contributed by atoms with Crippen LogP contribution in [0.5, 0.6) is 0 Å². The zero-order valence-corrected chi connectivity index (χ0v) is 11.1. The third-order valence-electron chi connectivity index (χ3n) is 5.94. The van der Waals surface area contributed by atoms with Crippen LogP contribution in [0.1, 0.15) is 33.6 Å². The van der Waals surface area contributed by atoms with Gasteiger partial charge in [0.15, 0.2) is 6.29 Å². The van der Waals surface area contributed by atoms with Crippen molar-refractivity contribution in [1.82, 2.24) is 0 Å². The Morgan fingerprint density at radius 3 is 2.82 bits per heavy atom. The lowest BCUT2D eigenvalue weighted by molar-refractivity contribution is -0.193. The van der Waals surface area contributed by atoms with E-state index in [0.717, 1.165) is 12.5 Å². The van der Waals surface area contributed by atoms with Crippen LogP contribution in [0.4, 0.5) is 0 Å². The molecule has 2 saturated carbocycles. The van der Waals surface area contributed by atoms with Crippen LogP contribution >= 0.6 is 0 Å². The van der Waals surface area contributed by atoms with E-state index >= 15 is 0 Å². The highest BCUT2D eigenvalue weighted by atomic mass is 16.6. The summed E-state index contributed by atoms with van der Waals surface area (Å²) >= 11 is 0. The molecule has 1 aliphatic heterocycles. The maximum atomic E-state index is 10.1. The molecule has 0 aromatic carbocycles.